The number of nitrogens with two attached hydrogens (primary N) is 1. The van der Waals surface area contributed by atoms with E-state index in [9.17, 15) is 4.79 Å². The molecule has 5 aromatic rings. The lowest BCUT2D eigenvalue weighted by atomic mass is 10.2. The highest BCUT2D eigenvalue weighted by Gasteiger charge is 2.24. The van der Waals surface area contributed by atoms with Crippen LogP contribution in [-0.2, 0) is 6.54 Å². The van der Waals surface area contributed by atoms with Crippen LogP contribution in [0.15, 0.2) is 65.1 Å². The number of amides is 1. The molecule has 10 heteroatoms. The van der Waals surface area contributed by atoms with Gasteiger partial charge in [0.1, 0.15) is 16.9 Å². The number of fused-ring (bicyclic) bond motifs is 2. The topological polar surface area (TPSA) is 117 Å². The van der Waals surface area contributed by atoms with Gasteiger partial charge in [-0.1, -0.05) is 18.2 Å². The molecule has 3 heterocycles. The number of nitrogens with one attached hydrogen (secondary N) is 1. The quantitative estimate of drug-likeness (QED) is 0.335. The summed E-state index contributed by atoms with van der Waals surface area (Å²) >= 11 is 1.56. The highest BCUT2D eigenvalue weighted by atomic mass is 32.1. The predicted octanol–water partition coefficient (Wildman–Crippen LogP) is 4.06. The van der Waals surface area contributed by atoms with Crippen LogP contribution in [0.1, 0.15) is 20.8 Å². The zero-order valence-corrected chi connectivity index (χ0v) is 19.9. The summed E-state index contributed by atoms with van der Waals surface area (Å²) in [6.45, 7) is 0.387. The van der Waals surface area contributed by atoms with Gasteiger partial charge in [-0.3, -0.25) is 4.79 Å². The molecule has 0 aliphatic rings. The molecule has 0 unspecified atom stereocenters. The summed E-state index contributed by atoms with van der Waals surface area (Å²) in [5.41, 5.74) is 9.55. The van der Waals surface area contributed by atoms with Gasteiger partial charge in [0.25, 0.3) is 5.91 Å². The molecule has 0 atom stereocenters. The molecule has 0 saturated heterocycles. The first kappa shape index (κ1) is 22.4. The summed E-state index contributed by atoms with van der Waals surface area (Å²) in [4.78, 5) is 23.6. The normalized spacial score (nSPS) is 11.4. The van der Waals surface area contributed by atoms with Crippen molar-refractivity contribution in [3.8, 4) is 11.5 Å². The average Bonchev–Trinajstić information content (AvgIpc) is 3.50. The fourth-order valence-electron chi connectivity index (χ4n) is 3.71. The van der Waals surface area contributed by atoms with Gasteiger partial charge in [-0.15, -0.1) is 11.3 Å². The van der Waals surface area contributed by atoms with E-state index in [0.29, 0.717) is 40.2 Å². The van der Waals surface area contributed by atoms with Crippen LogP contribution >= 0.6 is 11.3 Å². The van der Waals surface area contributed by atoms with Gasteiger partial charge in [-0.2, -0.15) is 9.78 Å². The summed E-state index contributed by atoms with van der Waals surface area (Å²) in [6, 6.07) is 16.7. The van der Waals surface area contributed by atoms with Gasteiger partial charge >= 0.3 is 0 Å². The zero-order valence-electron chi connectivity index (χ0n) is 19.1. The number of rotatable bonds is 7. The number of aromatic nitrogens is 3. The Kier molecular flexibility index (Phi) is 6.02. The van der Waals surface area contributed by atoms with E-state index in [-0.39, 0.29) is 17.3 Å². The maximum atomic E-state index is 13.2. The molecule has 2 aromatic carbocycles. The van der Waals surface area contributed by atoms with Crippen molar-refractivity contribution in [3.63, 3.8) is 0 Å². The molecular formula is C25H22N6O3S. The second-order valence-corrected chi connectivity index (χ2v) is 8.61. The number of nitrogen functional groups attached to an aromatic ring is 1. The molecule has 3 N–H and O–H groups in total. The van der Waals surface area contributed by atoms with Crippen molar-refractivity contribution in [1.29, 1.82) is 0 Å². The van der Waals surface area contributed by atoms with Gasteiger partial charge < -0.3 is 20.5 Å². The second-order valence-electron chi connectivity index (χ2n) is 7.58. The molecule has 0 fully saturated rings. The van der Waals surface area contributed by atoms with E-state index in [0.717, 1.165) is 10.4 Å². The number of anilines is 1. The maximum absolute atomic E-state index is 13.2. The number of ether oxygens (including phenoxy) is 2. The van der Waals surface area contributed by atoms with E-state index < -0.39 is 0 Å². The van der Waals surface area contributed by atoms with Crippen molar-refractivity contribution in [1.82, 2.24) is 20.0 Å². The van der Waals surface area contributed by atoms with Crippen LogP contribution in [0.2, 0.25) is 0 Å². The minimum absolute atomic E-state index is 0.149. The van der Waals surface area contributed by atoms with E-state index in [1.54, 1.807) is 43.9 Å². The van der Waals surface area contributed by atoms with Crippen LogP contribution in [0.5, 0.6) is 11.5 Å². The molecule has 0 spiro atoms. The zero-order chi connectivity index (χ0) is 24.4. The van der Waals surface area contributed by atoms with E-state index in [2.05, 4.69) is 10.4 Å². The second kappa shape index (κ2) is 9.43. The lowest BCUT2D eigenvalue weighted by Gasteiger charge is -2.07. The Morgan fingerprint density at radius 3 is 2.57 bits per heavy atom. The maximum Gasteiger partial charge on any atom is 0.257 e. The standard InChI is InChI=1S/C25H22N6O3S/c1-33-19-10-9-15(12-20(19)34-2)13-28-31-23(26)21(25(32)27-14-16-6-5-11-35-16)22-24(31)30-18-8-4-3-7-17(18)29-22/h3-13H,14,26H2,1-2H3,(H,27,32)/b28-13+. The molecule has 35 heavy (non-hydrogen) atoms. The Balaban J connectivity index is 1.60. The van der Waals surface area contributed by atoms with Crippen LogP contribution < -0.4 is 20.5 Å². The monoisotopic (exact) mass is 486 g/mol. The number of hydrogen-bond donors (Lipinski definition) is 2. The molecule has 3 aromatic heterocycles. The first-order chi connectivity index (χ1) is 17.1. The molecule has 0 radical (unpaired) electrons. The van der Waals surface area contributed by atoms with Gasteiger partial charge in [0.15, 0.2) is 17.1 Å². The Morgan fingerprint density at radius 1 is 1.09 bits per heavy atom. The van der Waals surface area contributed by atoms with Crippen molar-refractivity contribution < 1.29 is 14.3 Å². The van der Waals surface area contributed by atoms with E-state index in [1.165, 1.54) is 4.68 Å². The number of carbonyl (C=O) groups is 1. The lowest BCUT2D eigenvalue weighted by molar-refractivity contribution is 0.0953. The lowest BCUT2D eigenvalue weighted by Crippen LogP contribution is -2.23. The van der Waals surface area contributed by atoms with Gasteiger partial charge in [0.05, 0.1) is 38.0 Å². The Hall–Kier alpha value is -4.44. The van der Waals surface area contributed by atoms with E-state index in [1.807, 2.05) is 47.8 Å². The third-order valence-electron chi connectivity index (χ3n) is 5.43. The van der Waals surface area contributed by atoms with Crippen LogP contribution in [-0.4, -0.2) is 41.0 Å². The first-order valence-electron chi connectivity index (χ1n) is 10.7. The van der Waals surface area contributed by atoms with Crippen LogP contribution in [0.4, 0.5) is 5.82 Å². The predicted molar refractivity (Wildman–Crippen MR) is 137 cm³/mol. The highest BCUT2D eigenvalue weighted by Crippen LogP contribution is 2.29. The molecular weight excluding hydrogens is 464 g/mol. The van der Waals surface area contributed by atoms with E-state index >= 15 is 0 Å². The highest BCUT2D eigenvalue weighted by molar-refractivity contribution is 7.09. The number of nitrogens with zero attached hydrogens (tertiary/aromatic N) is 4. The summed E-state index contributed by atoms with van der Waals surface area (Å²) in [6.07, 6.45) is 1.61. The number of thiophene rings is 1. The Labute approximate surface area is 204 Å². The largest absolute Gasteiger partial charge is 0.493 e. The van der Waals surface area contributed by atoms with Crippen molar-refractivity contribution in [2.75, 3.05) is 20.0 Å². The third kappa shape index (κ3) is 4.26. The Morgan fingerprint density at radius 2 is 1.86 bits per heavy atom. The van der Waals surface area contributed by atoms with Crippen molar-refractivity contribution in [2.24, 2.45) is 5.10 Å². The fourth-order valence-corrected chi connectivity index (χ4v) is 4.36. The number of benzene rings is 2. The van der Waals surface area contributed by atoms with Gasteiger partial charge in [0.2, 0.25) is 0 Å². The SMILES string of the molecule is COc1ccc(/C=N/n2c(N)c(C(=O)NCc3cccs3)c3nc4ccccc4nc32)cc1OC. The molecule has 0 bridgehead atoms. The molecule has 0 saturated carbocycles. The molecule has 1 amide bonds. The first-order valence-corrected chi connectivity index (χ1v) is 11.6. The molecule has 5 rings (SSSR count). The minimum Gasteiger partial charge on any atom is -0.493 e. The minimum atomic E-state index is -0.342. The third-order valence-corrected chi connectivity index (χ3v) is 6.31. The number of para-hydroxylation sites is 2. The Bertz CT molecular complexity index is 1560. The summed E-state index contributed by atoms with van der Waals surface area (Å²) in [5.74, 6) is 0.986. The molecule has 176 valence electrons. The van der Waals surface area contributed by atoms with Crippen molar-refractivity contribution in [2.45, 2.75) is 6.54 Å². The van der Waals surface area contributed by atoms with Crippen molar-refractivity contribution in [3.05, 3.63) is 76.0 Å². The summed E-state index contributed by atoms with van der Waals surface area (Å²) in [7, 11) is 3.14. The van der Waals surface area contributed by atoms with Crippen LogP contribution in [0.3, 0.4) is 0 Å². The number of methoxy groups -OCH3 is 2. The van der Waals surface area contributed by atoms with E-state index in [4.69, 9.17) is 25.2 Å². The van der Waals surface area contributed by atoms with Gasteiger partial charge in [-0.25, -0.2) is 9.97 Å². The number of carbonyl (C=O) groups excluding carboxylic acids is 1. The summed E-state index contributed by atoms with van der Waals surface area (Å²) in [5, 5.41) is 9.43. The van der Waals surface area contributed by atoms with Crippen LogP contribution in [0, 0.1) is 0 Å². The smallest absolute Gasteiger partial charge is 0.257 e. The number of hydrogen-bond acceptors (Lipinski definition) is 8. The fraction of sp³-hybridized carbons (Fsp3) is 0.120. The van der Waals surface area contributed by atoms with Crippen molar-refractivity contribution >= 4 is 51.5 Å². The van der Waals surface area contributed by atoms with Gasteiger partial charge in [-0.05, 0) is 47.3 Å². The molecule has 9 nitrogen and oxygen atoms in total. The molecule has 0 aliphatic carbocycles. The van der Waals surface area contributed by atoms with Gasteiger partial charge in [0, 0.05) is 4.88 Å². The summed E-state index contributed by atoms with van der Waals surface area (Å²) < 4.78 is 12.1. The average molecular weight is 487 g/mol. The molecule has 0 aliphatic heterocycles. The van der Waals surface area contributed by atoms with Crippen LogP contribution in [0.25, 0.3) is 22.2 Å².